The smallest absolute Gasteiger partial charge is 0.225 e. The van der Waals surface area contributed by atoms with Gasteiger partial charge in [-0.25, -0.2) is 4.98 Å². The molecular formula is C25H35N3O4S. The third-order valence-electron chi connectivity index (χ3n) is 6.32. The number of nitrogens with zero attached hydrogens (tertiary/aromatic N) is 3. The van der Waals surface area contributed by atoms with Crippen LogP contribution >= 0.6 is 11.3 Å². The predicted octanol–water partition coefficient (Wildman–Crippen LogP) is 4.07. The van der Waals surface area contributed by atoms with E-state index in [1.165, 1.54) is 0 Å². The van der Waals surface area contributed by atoms with Crippen molar-refractivity contribution in [3.63, 3.8) is 0 Å². The fourth-order valence-electron chi connectivity index (χ4n) is 4.77. The first kappa shape index (κ1) is 24.0. The van der Waals surface area contributed by atoms with Gasteiger partial charge in [0.25, 0.3) is 0 Å². The summed E-state index contributed by atoms with van der Waals surface area (Å²) in [5, 5.41) is 3.11. The highest BCUT2D eigenvalue weighted by molar-refractivity contribution is 7.13. The summed E-state index contributed by atoms with van der Waals surface area (Å²) in [4.78, 5) is 22.3. The lowest BCUT2D eigenvalue weighted by Crippen LogP contribution is -2.51. The van der Waals surface area contributed by atoms with E-state index in [1.54, 1.807) is 18.4 Å². The molecule has 0 radical (unpaired) electrons. The van der Waals surface area contributed by atoms with Gasteiger partial charge in [-0.15, -0.1) is 11.3 Å². The van der Waals surface area contributed by atoms with E-state index in [9.17, 15) is 4.79 Å². The zero-order valence-corrected chi connectivity index (χ0v) is 20.9. The van der Waals surface area contributed by atoms with E-state index >= 15 is 0 Å². The molecule has 2 aliphatic heterocycles. The molecule has 2 unspecified atom stereocenters. The molecular weight excluding hydrogens is 438 g/mol. The van der Waals surface area contributed by atoms with Crippen LogP contribution in [0.1, 0.15) is 39.3 Å². The molecule has 1 aromatic heterocycles. The van der Waals surface area contributed by atoms with Gasteiger partial charge in [0.15, 0.2) is 11.5 Å². The minimum atomic E-state index is 0.118. The Hall–Kier alpha value is -2.16. The van der Waals surface area contributed by atoms with Crippen LogP contribution in [0.15, 0.2) is 23.6 Å². The number of carbonyl (C=O) groups excluding carboxylic acids is 1. The summed E-state index contributed by atoms with van der Waals surface area (Å²) in [5.41, 5.74) is 2.10. The molecule has 1 aromatic carbocycles. The SMILES string of the molecule is CCOc1ccc(-c2nc(CN3CCC(C(=O)N4CC(C)OC(C)C4)CC3)cs2)cc1OC. The Kier molecular flexibility index (Phi) is 7.88. The molecule has 7 nitrogen and oxygen atoms in total. The van der Waals surface area contributed by atoms with Crippen molar-refractivity contribution >= 4 is 17.2 Å². The maximum absolute atomic E-state index is 13.0. The third kappa shape index (κ3) is 5.86. The highest BCUT2D eigenvalue weighted by Gasteiger charge is 2.32. The Morgan fingerprint density at radius 2 is 1.91 bits per heavy atom. The van der Waals surface area contributed by atoms with Crippen LogP contribution in [0.3, 0.4) is 0 Å². The van der Waals surface area contributed by atoms with E-state index in [-0.39, 0.29) is 18.1 Å². The summed E-state index contributed by atoms with van der Waals surface area (Å²) in [6.07, 6.45) is 2.05. The Labute approximate surface area is 200 Å². The van der Waals surface area contributed by atoms with Gasteiger partial charge >= 0.3 is 0 Å². The van der Waals surface area contributed by atoms with Crippen LogP contribution in [-0.2, 0) is 16.1 Å². The number of piperidine rings is 1. The largest absolute Gasteiger partial charge is 0.493 e. The zero-order chi connectivity index (χ0) is 23.4. The number of carbonyl (C=O) groups is 1. The van der Waals surface area contributed by atoms with Gasteiger partial charge in [-0.1, -0.05) is 0 Å². The van der Waals surface area contributed by atoms with E-state index in [2.05, 4.69) is 10.3 Å². The highest BCUT2D eigenvalue weighted by Crippen LogP contribution is 2.34. The van der Waals surface area contributed by atoms with Crippen molar-refractivity contribution in [2.24, 2.45) is 5.92 Å². The van der Waals surface area contributed by atoms with Crippen molar-refractivity contribution in [1.29, 1.82) is 0 Å². The first-order chi connectivity index (χ1) is 16.0. The number of morpholine rings is 1. The highest BCUT2D eigenvalue weighted by atomic mass is 32.1. The third-order valence-corrected chi connectivity index (χ3v) is 7.26. The Bertz CT molecular complexity index is 931. The standard InChI is InChI=1S/C25H35N3O4S/c1-5-31-22-7-6-20(12-23(22)30-4)24-26-21(16-33-24)15-27-10-8-19(9-11-27)25(29)28-13-17(2)32-18(3)14-28/h6-7,12,16-19H,5,8-11,13-15H2,1-4H3. The Morgan fingerprint density at radius 3 is 2.58 bits per heavy atom. The van der Waals surface area contributed by atoms with E-state index in [0.717, 1.165) is 60.2 Å². The molecule has 0 saturated carbocycles. The Morgan fingerprint density at radius 1 is 1.18 bits per heavy atom. The molecule has 8 heteroatoms. The molecule has 2 atom stereocenters. The lowest BCUT2D eigenvalue weighted by Gasteiger charge is -2.39. The molecule has 33 heavy (non-hydrogen) atoms. The minimum absolute atomic E-state index is 0.118. The van der Waals surface area contributed by atoms with Gasteiger partial charge < -0.3 is 19.1 Å². The van der Waals surface area contributed by atoms with Crippen LogP contribution in [0.25, 0.3) is 10.6 Å². The second-order valence-electron chi connectivity index (χ2n) is 8.99. The van der Waals surface area contributed by atoms with Crippen molar-refractivity contribution in [3.8, 4) is 22.1 Å². The van der Waals surface area contributed by atoms with Crippen molar-refractivity contribution in [1.82, 2.24) is 14.8 Å². The van der Waals surface area contributed by atoms with Crippen molar-refractivity contribution in [2.45, 2.75) is 52.4 Å². The quantitative estimate of drug-likeness (QED) is 0.604. The first-order valence-electron chi connectivity index (χ1n) is 11.9. The molecule has 0 N–H and O–H groups in total. The number of hydrogen-bond donors (Lipinski definition) is 0. The average Bonchev–Trinajstić information content (AvgIpc) is 3.27. The van der Waals surface area contributed by atoms with Gasteiger partial charge in [-0.3, -0.25) is 9.69 Å². The second kappa shape index (κ2) is 10.8. The second-order valence-corrected chi connectivity index (χ2v) is 9.85. The maximum atomic E-state index is 13.0. The van der Waals surface area contributed by atoms with Crippen molar-refractivity contribution < 1.29 is 19.0 Å². The summed E-state index contributed by atoms with van der Waals surface area (Å²) in [5.74, 6) is 1.90. The number of methoxy groups -OCH3 is 1. The molecule has 2 saturated heterocycles. The van der Waals surface area contributed by atoms with E-state index in [0.29, 0.717) is 25.6 Å². The predicted molar refractivity (Wildman–Crippen MR) is 130 cm³/mol. The monoisotopic (exact) mass is 473 g/mol. The number of aromatic nitrogens is 1. The molecule has 2 fully saturated rings. The summed E-state index contributed by atoms with van der Waals surface area (Å²) in [6.45, 7) is 10.7. The topological polar surface area (TPSA) is 64.1 Å². The number of rotatable bonds is 7. The van der Waals surface area contributed by atoms with Gasteiger partial charge in [0, 0.05) is 36.5 Å². The van der Waals surface area contributed by atoms with Gasteiger partial charge in [0.2, 0.25) is 5.91 Å². The Balaban J connectivity index is 1.31. The van der Waals surface area contributed by atoms with E-state index < -0.39 is 0 Å². The maximum Gasteiger partial charge on any atom is 0.225 e. The molecule has 2 aliphatic rings. The molecule has 2 aromatic rings. The minimum Gasteiger partial charge on any atom is -0.493 e. The van der Waals surface area contributed by atoms with Crippen LogP contribution < -0.4 is 9.47 Å². The summed E-state index contributed by atoms with van der Waals surface area (Å²) in [7, 11) is 1.66. The fraction of sp³-hybridized carbons (Fsp3) is 0.600. The van der Waals surface area contributed by atoms with Gasteiger partial charge in [-0.05, 0) is 64.9 Å². The van der Waals surface area contributed by atoms with Crippen molar-refractivity contribution in [3.05, 3.63) is 29.3 Å². The number of hydrogen-bond acceptors (Lipinski definition) is 7. The normalized spacial score (nSPS) is 22.4. The van der Waals surface area contributed by atoms with Gasteiger partial charge in [0.05, 0.1) is 31.6 Å². The summed E-state index contributed by atoms with van der Waals surface area (Å²) >= 11 is 1.65. The number of thiazole rings is 1. The molecule has 4 rings (SSSR count). The summed E-state index contributed by atoms with van der Waals surface area (Å²) < 4.78 is 16.9. The molecule has 0 aliphatic carbocycles. The van der Waals surface area contributed by atoms with E-state index in [1.807, 2.05) is 43.9 Å². The van der Waals surface area contributed by atoms with Gasteiger partial charge in [-0.2, -0.15) is 0 Å². The molecule has 180 valence electrons. The lowest BCUT2D eigenvalue weighted by atomic mass is 9.94. The van der Waals surface area contributed by atoms with Crippen LogP contribution in [0.2, 0.25) is 0 Å². The van der Waals surface area contributed by atoms with Gasteiger partial charge in [0.1, 0.15) is 5.01 Å². The number of benzene rings is 1. The first-order valence-corrected chi connectivity index (χ1v) is 12.8. The number of ether oxygens (including phenoxy) is 3. The molecule has 0 bridgehead atoms. The number of amides is 1. The molecule has 1 amide bonds. The van der Waals surface area contributed by atoms with Crippen LogP contribution in [0.4, 0.5) is 0 Å². The van der Waals surface area contributed by atoms with Crippen LogP contribution in [0, 0.1) is 5.92 Å². The number of likely N-dealkylation sites (tertiary alicyclic amines) is 1. The lowest BCUT2D eigenvalue weighted by molar-refractivity contribution is -0.148. The zero-order valence-electron chi connectivity index (χ0n) is 20.1. The average molecular weight is 474 g/mol. The summed E-state index contributed by atoms with van der Waals surface area (Å²) in [6, 6.07) is 5.95. The molecule has 0 spiro atoms. The van der Waals surface area contributed by atoms with E-state index in [4.69, 9.17) is 19.2 Å². The van der Waals surface area contributed by atoms with Crippen LogP contribution in [0.5, 0.6) is 11.5 Å². The van der Waals surface area contributed by atoms with Crippen molar-refractivity contribution in [2.75, 3.05) is 39.9 Å². The van der Waals surface area contributed by atoms with Crippen LogP contribution in [-0.4, -0.2) is 72.8 Å². The molecule has 3 heterocycles. The fourth-order valence-corrected chi connectivity index (χ4v) is 5.58.